The van der Waals surface area contributed by atoms with Crippen LogP contribution in [-0.2, 0) is 13.1 Å². The quantitative estimate of drug-likeness (QED) is 0.384. The first kappa shape index (κ1) is 21.3. The van der Waals surface area contributed by atoms with Crippen LogP contribution in [0.15, 0.2) is 65.3 Å². The number of rotatable bonds is 6. The molecule has 4 aromatic rings. The Hall–Kier alpha value is -2.90. The minimum Gasteiger partial charge on any atom is -0.305 e. The summed E-state index contributed by atoms with van der Waals surface area (Å²) in [6, 6.07) is 16.9. The standard InChI is InChI=1S/C23H21BrClN5O/c1-15-22(24)16(2)30(27-15)13-17-7-9-18(10-8-17)23(31)26-21-11-12-29(28-21)14-19-5-3-4-6-20(19)25/h3-12H,13-14H2,1-2H3,(H,26,28,31). The second kappa shape index (κ2) is 9.08. The van der Waals surface area contributed by atoms with Crippen molar-refractivity contribution in [1.82, 2.24) is 19.6 Å². The van der Waals surface area contributed by atoms with Gasteiger partial charge in [0.25, 0.3) is 5.91 Å². The average Bonchev–Trinajstić information content (AvgIpc) is 3.29. The number of hydrogen-bond donors (Lipinski definition) is 1. The number of nitrogens with zero attached hydrogens (tertiary/aromatic N) is 4. The van der Waals surface area contributed by atoms with Crippen LogP contribution in [0.2, 0.25) is 5.02 Å². The molecule has 0 unspecified atom stereocenters. The van der Waals surface area contributed by atoms with Gasteiger partial charge in [0.05, 0.1) is 29.0 Å². The fraction of sp³-hybridized carbons (Fsp3) is 0.174. The molecule has 4 rings (SSSR count). The lowest BCUT2D eigenvalue weighted by atomic mass is 10.1. The number of aromatic nitrogens is 4. The largest absolute Gasteiger partial charge is 0.305 e. The maximum absolute atomic E-state index is 12.6. The van der Waals surface area contributed by atoms with Gasteiger partial charge in [-0.15, -0.1) is 0 Å². The van der Waals surface area contributed by atoms with Crippen molar-refractivity contribution < 1.29 is 4.79 Å². The highest BCUT2D eigenvalue weighted by Crippen LogP contribution is 2.21. The number of carbonyl (C=O) groups is 1. The molecule has 158 valence electrons. The highest BCUT2D eigenvalue weighted by molar-refractivity contribution is 9.10. The number of amides is 1. The molecule has 0 aliphatic rings. The molecule has 31 heavy (non-hydrogen) atoms. The van der Waals surface area contributed by atoms with E-state index in [9.17, 15) is 4.79 Å². The zero-order chi connectivity index (χ0) is 22.0. The van der Waals surface area contributed by atoms with Crippen LogP contribution in [0.1, 0.15) is 32.9 Å². The fourth-order valence-electron chi connectivity index (χ4n) is 3.27. The van der Waals surface area contributed by atoms with Crippen molar-refractivity contribution in [3.8, 4) is 0 Å². The van der Waals surface area contributed by atoms with Gasteiger partial charge in [0, 0.05) is 22.8 Å². The minimum atomic E-state index is -0.205. The second-order valence-corrected chi connectivity index (χ2v) is 8.48. The molecule has 2 heterocycles. The lowest BCUT2D eigenvalue weighted by Gasteiger charge is -2.07. The summed E-state index contributed by atoms with van der Waals surface area (Å²) in [5.74, 6) is 0.289. The van der Waals surface area contributed by atoms with Crippen LogP contribution in [0, 0.1) is 13.8 Å². The monoisotopic (exact) mass is 497 g/mol. The van der Waals surface area contributed by atoms with E-state index < -0.39 is 0 Å². The number of hydrogen-bond acceptors (Lipinski definition) is 3. The average molecular weight is 499 g/mol. The first-order valence-corrected chi connectivity index (χ1v) is 10.9. The molecular weight excluding hydrogens is 478 g/mol. The van der Waals surface area contributed by atoms with Gasteiger partial charge in [0.1, 0.15) is 0 Å². The van der Waals surface area contributed by atoms with Crippen LogP contribution in [-0.4, -0.2) is 25.5 Å². The van der Waals surface area contributed by atoms with Gasteiger partial charge < -0.3 is 5.32 Å². The Bertz CT molecular complexity index is 1230. The Balaban J connectivity index is 1.39. The third-order valence-corrected chi connectivity index (χ3v) is 6.53. The first-order valence-electron chi connectivity index (χ1n) is 9.77. The van der Waals surface area contributed by atoms with E-state index in [2.05, 4.69) is 31.4 Å². The van der Waals surface area contributed by atoms with Crippen LogP contribution < -0.4 is 5.32 Å². The second-order valence-electron chi connectivity index (χ2n) is 7.28. The molecule has 0 aliphatic heterocycles. The summed E-state index contributed by atoms with van der Waals surface area (Å²) >= 11 is 9.76. The lowest BCUT2D eigenvalue weighted by molar-refractivity contribution is 0.102. The van der Waals surface area contributed by atoms with Gasteiger partial charge >= 0.3 is 0 Å². The predicted molar refractivity (Wildman–Crippen MR) is 126 cm³/mol. The Kier molecular flexibility index (Phi) is 6.25. The lowest BCUT2D eigenvalue weighted by Crippen LogP contribution is -2.13. The van der Waals surface area contributed by atoms with Gasteiger partial charge in [0.15, 0.2) is 5.82 Å². The summed E-state index contributed by atoms with van der Waals surface area (Å²) in [6.45, 7) is 5.17. The molecular formula is C23H21BrClN5O. The fourth-order valence-corrected chi connectivity index (χ4v) is 3.75. The van der Waals surface area contributed by atoms with Gasteiger partial charge in [-0.2, -0.15) is 10.2 Å². The third kappa shape index (κ3) is 4.89. The molecule has 0 saturated carbocycles. The molecule has 0 spiro atoms. The van der Waals surface area contributed by atoms with Gasteiger partial charge in [-0.25, -0.2) is 0 Å². The van der Waals surface area contributed by atoms with E-state index in [1.165, 1.54) is 0 Å². The third-order valence-electron chi connectivity index (χ3n) is 5.01. The van der Waals surface area contributed by atoms with Gasteiger partial charge in [-0.3, -0.25) is 14.2 Å². The van der Waals surface area contributed by atoms with Crippen LogP contribution in [0.3, 0.4) is 0 Å². The molecule has 0 fully saturated rings. The number of halogens is 2. The van der Waals surface area contributed by atoms with Crippen molar-refractivity contribution in [1.29, 1.82) is 0 Å². The summed E-state index contributed by atoms with van der Waals surface area (Å²) in [4.78, 5) is 12.6. The Morgan fingerprint density at radius 1 is 1.03 bits per heavy atom. The molecule has 6 nitrogen and oxygen atoms in total. The summed E-state index contributed by atoms with van der Waals surface area (Å²) in [6.07, 6.45) is 1.81. The maximum Gasteiger partial charge on any atom is 0.256 e. The van der Waals surface area contributed by atoms with Crippen LogP contribution in [0.5, 0.6) is 0 Å². The van der Waals surface area contributed by atoms with Gasteiger partial charge in [-0.1, -0.05) is 41.9 Å². The van der Waals surface area contributed by atoms with Crippen molar-refractivity contribution in [2.24, 2.45) is 0 Å². The number of benzene rings is 2. The molecule has 1 amide bonds. The van der Waals surface area contributed by atoms with E-state index in [1.807, 2.05) is 73.3 Å². The highest BCUT2D eigenvalue weighted by Gasteiger charge is 2.11. The predicted octanol–water partition coefficient (Wildman–Crippen LogP) is 5.46. The first-order chi connectivity index (χ1) is 14.9. The Labute approximate surface area is 194 Å². The van der Waals surface area contributed by atoms with Crippen molar-refractivity contribution in [3.05, 3.63) is 98.4 Å². The summed E-state index contributed by atoms with van der Waals surface area (Å²) in [5.41, 5.74) is 4.64. The zero-order valence-corrected chi connectivity index (χ0v) is 19.5. The van der Waals surface area contributed by atoms with E-state index in [4.69, 9.17) is 11.6 Å². The molecule has 1 N–H and O–H groups in total. The normalized spacial score (nSPS) is 11.0. The van der Waals surface area contributed by atoms with E-state index in [0.717, 1.165) is 27.0 Å². The van der Waals surface area contributed by atoms with Gasteiger partial charge in [0.2, 0.25) is 0 Å². The summed E-state index contributed by atoms with van der Waals surface area (Å²) in [7, 11) is 0. The van der Waals surface area contributed by atoms with E-state index in [-0.39, 0.29) is 5.91 Å². The molecule has 0 bridgehead atoms. The van der Waals surface area contributed by atoms with Crippen molar-refractivity contribution >= 4 is 39.3 Å². The van der Waals surface area contributed by atoms with Crippen molar-refractivity contribution in [2.75, 3.05) is 5.32 Å². The molecule has 8 heteroatoms. The Morgan fingerprint density at radius 3 is 2.45 bits per heavy atom. The number of nitrogens with one attached hydrogen (secondary N) is 1. The molecule has 0 aliphatic carbocycles. The van der Waals surface area contributed by atoms with Crippen molar-refractivity contribution in [3.63, 3.8) is 0 Å². The summed E-state index contributed by atoms with van der Waals surface area (Å²) in [5, 5.41) is 12.5. The topological polar surface area (TPSA) is 64.7 Å². The molecule has 0 radical (unpaired) electrons. The van der Waals surface area contributed by atoms with E-state index >= 15 is 0 Å². The minimum absolute atomic E-state index is 0.205. The zero-order valence-electron chi connectivity index (χ0n) is 17.1. The Morgan fingerprint density at radius 2 is 1.77 bits per heavy atom. The van der Waals surface area contributed by atoms with Gasteiger partial charge in [-0.05, 0) is 59.1 Å². The number of aryl methyl sites for hydroxylation is 1. The number of anilines is 1. The molecule has 2 aromatic heterocycles. The summed E-state index contributed by atoms with van der Waals surface area (Å²) < 4.78 is 4.71. The maximum atomic E-state index is 12.6. The number of carbonyl (C=O) groups excluding carboxylic acids is 1. The van der Waals surface area contributed by atoms with Crippen LogP contribution >= 0.6 is 27.5 Å². The molecule has 2 aromatic carbocycles. The van der Waals surface area contributed by atoms with E-state index in [0.29, 0.717) is 29.5 Å². The van der Waals surface area contributed by atoms with Crippen LogP contribution in [0.4, 0.5) is 5.82 Å². The highest BCUT2D eigenvalue weighted by atomic mass is 79.9. The van der Waals surface area contributed by atoms with E-state index in [1.54, 1.807) is 10.7 Å². The molecule has 0 atom stereocenters. The molecule has 0 saturated heterocycles. The van der Waals surface area contributed by atoms with Crippen LogP contribution in [0.25, 0.3) is 0 Å². The SMILES string of the molecule is Cc1nn(Cc2ccc(C(=O)Nc3ccn(Cc4ccccc4Cl)n3)cc2)c(C)c1Br. The smallest absolute Gasteiger partial charge is 0.256 e. The van der Waals surface area contributed by atoms with Crippen molar-refractivity contribution in [2.45, 2.75) is 26.9 Å².